The maximum Gasteiger partial charge on any atom is 0.148 e. The Labute approximate surface area is 92.9 Å². The van der Waals surface area contributed by atoms with Gasteiger partial charge in [0.1, 0.15) is 17.5 Å². The second kappa shape index (κ2) is 4.02. The first-order chi connectivity index (χ1) is 7.63. The van der Waals surface area contributed by atoms with E-state index in [9.17, 15) is 4.39 Å². The van der Waals surface area contributed by atoms with Crippen molar-refractivity contribution in [2.75, 3.05) is 0 Å². The summed E-state index contributed by atoms with van der Waals surface area (Å²) in [7, 11) is 0. The minimum absolute atomic E-state index is 0.139. The van der Waals surface area contributed by atoms with Crippen molar-refractivity contribution in [1.29, 1.82) is 0 Å². The number of halogens is 1. The maximum atomic E-state index is 13.5. The fraction of sp³-hybridized carbons (Fsp3) is 0.273. The Bertz CT molecular complexity index is 519. The van der Waals surface area contributed by atoms with Crippen molar-refractivity contribution in [3.05, 3.63) is 41.2 Å². The molecule has 0 aliphatic carbocycles. The largest absolute Gasteiger partial charge is 0.326 e. The van der Waals surface area contributed by atoms with Gasteiger partial charge in [0.15, 0.2) is 0 Å². The Morgan fingerprint density at radius 1 is 1.38 bits per heavy atom. The molecule has 0 saturated carbocycles. The van der Waals surface area contributed by atoms with E-state index in [2.05, 4.69) is 10.1 Å². The summed E-state index contributed by atoms with van der Waals surface area (Å²) in [6.45, 7) is 3.76. The first-order valence-electron chi connectivity index (χ1n) is 5.01. The highest BCUT2D eigenvalue weighted by Crippen LogP contribution is 2.18. The number of nitrogens with zero attached hydrogens (tertiary/aromatic N) is 3. The van der Waals surface area contributed by atoms with Crippen molar-refractivity contribution in [2.45, 2.75) is 20.4 Å². The summed E-state index contributed by atoms with van der Waals surface area (Å²) in [4.78, 5) is 4.18. The number of aryl methyl sites for hydroxylation is 2. The average molecular weight is 220 g/mol. The standard InChI is InChI=1S/C11H13FN4/c1-7-14-8(2)16(15-7)11-5-3-4-10(12)9(11)6-13/h3-5H,6,13H2,1-2H3. The SMILES string of the molecule is Cc1nc(C)n(-c2cccc(F)c2CN)n1. The van der Waals surface area contributed by atoms with Crippen LogP contribution < -0.4 is 5.73 Å². The Kier molecular flexibility index (Phi) is 2.70. The van der Waals surface area contributed by atoms with Crippen molar-refractivity contribution in [1.82, 2.24) is 14.8 Å². The Morgan fingerprint density at radius 3 is 2.69 bits per heavy atom. The van der Waals surface area contributed by atoms with Gasteiger partial charge >= 0.3 is 0 Å². The highest BCUT2D eigenvalue weighted by molar-refractivity contribution is 5.41. The molecule has 1 aromatic carbocycles. The van der Waals surface area contributed by atoms with Gasteiger partial charge in [0, 0.05) is 12.1 Å². The van der Waals surface area contributed by atoms with Gasteiger partial charge in [-0.1, -0.05) is 6.07 Å². The van der Waals surface area contributed by atoms with E-state index in [4.69, 9.17) is 5.73 Å². The van der Waals surface area contributed by atoms with Gasteiger partial charge in [-0.25, -0.2) is 14.1 Å². The summed E-state index contributed by atoms with van der Waals surface area (Å²) in [5, 5.41) is 4.21. The van der Waals surface area contributed by atoms with E-state index < -0.39 is 0 Å². The van der Waals surface area contributed by atoms with Gasteiger partial charge in [-0.3, -0.25) is 0 Å². The molecule has 2 rings (SSSR count). The predicted octanol–water partition coefficient (Wildman–Crippen LogP) is 1.48. The molecular weight excluding hydrogens is 207 g/mol. The van der Waals surface area contributed by atoms with Crippen molar-refractivity contribution in [3.63, 3.8) is 0 Å². The van der Waals surface area contributed by atoms with Gasteiger partial charge in [-0.2, -0.15) is 5.10 Å². The van der Waals surface area contributed by atoms with E-state index in [-0.39, 0.29) is 12.4 Å². The molecule has 0 atom stereocenters. The molecule has 0 bridgehead atoms. The Hall–Kier alpha value is -1.75. The lowest BCUT2D eigenvalue weighted by molar-refractivity contribution is 0.606. The topological polar surface area (TPSA) is 56.7 Å². The molecule has 2 aromatic rings. The number of aromatic nitrogens is 3. The fourth-order valence-electron chi connectivity index (χ4n) is 1.70. The van der Waals surface area contributed by atoms with Crippen molar-refractivity contribution < 1.29 is 4.39 Å². The average Bonchev–Trinajstić information content (AvgIpc) is 2.57. The molecule has 4 nitrogen and oxygen atoms in total. The van der Waals surface area contributed by atoms with Crippen LogP contribution in [0.4, 0.5) is 4.39 Å². The van der Waals surface area contributed by atoms with E-state index in [0.717, 1.165) is 5.82 Å². The van der Waals surface area contributed by atoms with Gasteiger partial charge in [-0.15, -0.1) is 0 Å². The number of benzene rings is 1. The van der Waals surface area contributed by atoms with Crippen LogP contribution in [0.25, 0.3) is 5.69 Å². The minimum atomic E-state index is -0.312. The molecule has 0 aliphatic rings. The molecule has 16 heavy (non-hydrogen) atoms. The van der Waals surface area contributed by atoms with Crippen LogP contribution in [-0.4, -0.2) is 14.8 Å². The normalized spacial score (nSPS) is 10.8. The third kappa shape index (κ3) is 1.69. The third-order valence-corrected chi connectivity index (χ3v) is 2.40. The summed E-state index contributed by atoms with van der Waals surface area (Å²) in [5.74, 6) is 1.06. The molecule has 0 amide bonds. The zero-order chi connectivity index (χ0) is 11.7. The zero-order valence-corrected chi connectivity index (χ0v) is 9.24. The van der Waals surface area contributed by atoms with E-state index in [1.54, 1.807) is 23.7 Å². The number of rotatable bonds is 2. The van der Waals surface area contributed by atoms with Crippen LogP contribution >= 0.6 is 0 Å². The lowest BCUT2D eigenvalue weighted by atomic mass is 10.1. The summed E-state index contributed by atoms with van der Waals surface area (Å²) in [5.41, 5.74) is 6.65. The van der Waals surface area contributed by atoms with Crippen molar-refractivity contribution >= 4 is 0 Å². The monoisotopic (exact) mass is 220 g/mol. The summed E-state index contributed by atoms with van der Waals surface area (Å²) >= 11 is 0. The Morgan fingerprint density at radius 2 is 2.12 bits per heavy atom. The molecule has 1 heterocycles. The number of nitrogens with two attached hydrogens (primary N) is 1. The molecule has 2 N–H and O–H groups in total. The third-order valence-electron chi connectivity index (χ3n) is 2.40. The van der Waals surface area contributed by atoms with Gasteiger partial charge in [0.2, 0.25) is 0 Å². The molecular formula is C11H13FN4. The maximum absolute atomic E-state index is 13.5. The van der Waals surface area contributed by atoms with Gasteiger partial charge < -0.3 is 5.73 Å². The predicted molar refractivity (Wildman–Crippen MR) is 58.7 cm³/mol. The van der Waals surface area contributed by atoms with E-state index in [0.29, 0.717) is 17.1 Å². The first kappa shape index (κ1) is 10.8. The molecule has 0 spiro atoms. The molecule has 0 aliphatic heterocycles. The number of hydrogen-bond donors (Lipinski definition) is 1. The van der Waals surface area contributed by atoms with E-state index >= 15 is 0 Å². The van der Waals surface area contributed by atoms with Crippen LogP contribution in [0.15, 0.2) is 18.2 Å². The van der Waals surface area contributed by atoms with Gasteiger partial charge in [-0.05, 0) is 26.0 Å². The molecule has 84 valence electrons. The lowest BCUT2D eigenvalue weighted by Gasteiger charge is -2.09. The van der Waals surface area contributed by atoms with E-state index in [1.807, 2.05) is 6.92 Å². The highest BCUT2D eigenvalue weighted by atomic mass is 19.1. The fourth-order valence-corrected chi connectivity index (χ4v) is 1.70. The quantitative estimate of drug-likeness (QED) is 0.834. The highest BCUT2D eigenvalue weighted by Gasteiger charge is 2.12. The van der Waals surface area contributed by atoms with Crippen LogP contribution in [-0.2, 0) is 6.54 Å². The summed E-state index contributed by atoms with van der Waals surface area (Å²) in [6, 6.07) is 4.82. The van der Waals surface area contributed by atoms with Crippen LogP contribution in [0.1, 0.15) is 17.2 Å². The summed E-state index contributed by atoms with van der Waals surface area (Å²) in [6.07, 6.45) is 0. The number of hydrogen-bond acceptors (Lipinski definition) is 3. The van der Waals surface area contributed by atoms with Crippen LogP contribution in [0, 0.1) is 19.7 Å². The minimum Gasteiger partial charge on any atom is -0.326 e. The summed E-state index contributed by atoms with van der Waals surface area (Å²) < 4.78 is 15.1. The van der Waals surface area contributed by atoms with Crippen LogP contribution in [0.5, 0.6) is 0 Å². The van der Waals surface area contributed by atoms with Gasteiger partial charge in [0.05, 0.1) is 5.69 Å². The molecule has 5 heteroatoms. The molecule has 0 unspecified atom stereocenters. The Balaban J connectivity index is 2.64. The van der Waals surface area contributed by atoms with Crippen LogP contribution in [0.2, 0.25) is 0 Å². The zero-order valence-electron chi connectivity index (χ0n) is 9.24. The van der Waals surface area contributed by atoms with E-state index in [1.165, 1.54) is 6.07 Å². The van der Waals surface area contributed by atoms with Crippen molar-refractivity contribution in [2.24, 2.45) is 5.73 Å². The van der Waals surface area contributed by atoms with Crippen LogP contribution in [0.3, 0.4) is 0 Å². The smallest absolute Gasteiger partial charge is 0.148 e. The second-order valence-electron chi connectivity index (χ2n) is 3.56. The molecule has 1 aromatic heterocycles. The molecule has 0 fully saturated rings. The van der Waals surface area contributed by atoms with Gasteiger partial charge in [0.25, 0.3) is 0 Å². The molecule has 0 radical (unpaired) electrons. The first-order valence-corrected chi connectivity index (χ1v) is 5.01. The lowest BCUT2D eigenvalue weighted by Crippen LogP contribution is -2.09. The van der Waals surface area contributed by atoms with Crippen molar-refractivity contribution in [3.8, 4) is 5.69 Å². The molecule has 0 saturated heterocycles. The second-order valence-corrected chi connectivity index (χ2v) is 3.56.